The van der Waals surface area contributed by atoms with Crippen LogP contribution < -0.4 is 9.64 Å². The van der Waals surface area contributed by atoms with E-state index in [1.165, 1.54) is 19.3 Å². The maximum absolute atomic E-state index is 10.8. The van der Waals surface area contributed by atoms with Crippen LogP contribution in [0, 0.1) is 12.8 Å². The summed E-state index contributed by atoms with van der Waals surface area (Å²) >= 11 is 0. The molecule has 2 aromatic rings. The predicted molar refractivity (Wildman–Crippen MR) is 98.3 cm³/mol. The minimum absolute atomic E-state index is 0.657. The Kier molecular flexibility index (Phi) is 5.99. The molecular formula is C20H25N3O2. The van der Waals surface area contributed by atoms with Crippen LogP contribution in [-0.2, 0) is 0 Å². The van der Waals surface area contributed by atoms with Gasteiger partial charge in [0.1, 0.15) is 12.0 Å². The van der Waals surface area contributed by atoms with Gasteiger partial charge in [0.2, 0.25) is 0 Å². The molecule has 5 nitrogen and oxygen atoms in total. The second-order valence-electron chi connectivity index (χ2n) is 6.64. The zero-order valence-electron chi connectivity index (χ0n) is 14.7. The van der Waals surface area contributed by atoms with Crippen molar-refractivity contribution >= 4 is 12.1 Å². The quantitative estimate of drug-likeness (QED) is 0.569. The van der Waals surface area contributed by atoms with Crippen molar-refractivity contribution in [1.29, 1.82) is 0 Å². The molecule has 0 radical (unpaired) electrons. The zero-order valence-corrected chi connectivity index (χ0v) is 14.7. The number of rotatable bonds is 7. The minimum atomic E-state index is 0.657. The molecule has 1 aromatic carbocycles. The Morgan fingerprint density at radius 1 is 1.20 bits per heavy atom. The molecule has 3 rings (SSSR count). The number of piperidine rings is 1. The lowest BCUT2D eigenvalue weighted by Crippen LogP contribution is -2.34. The van der Waals surface area contributed by atoms with Crippen molar-refractivity contribution in [2.24, 2.45) is 5.92 Å². The molecule has 0 aliphatic carbocycles. The van der Waals surface area contributed by atoms with Crippen LogP contribution in [0.1, 0.15) is 41.7 Å². The summed E-state index contributed by atoms with van der Waals surface area (Å²) in [7, 11) is 0. The van der Waals surface area contributed by atoms with Crippen LogP contribution in [0.25, 0.3) is 0 Å². The predicted octanol–water partition coefficient (Wildman–Crippen LogP) is 3.67. The maximum Gasteiger partial charge on any atom is 0.151 e. The van der Waals surface area contributed by atoms with E-state index in [9.17, 15) is 4.79 Å². The van der Waals surface area contributed by atoms with Gasteiger partial charge in [0.05, 0.1) is 12.3 Å². The molecule has 5 heteroatoms. The highest BCUT2D eigenvalue weighted by Crippen LogP contribution is 2.25. The first kappa shape index (κ1) is 17.4. The Morgan fingerprint density at radius 3 is 2.76 bits per heavy atom. The number of carbonyl (C=O) groups is 1. The molecule has 2 heterocycles. The molecule has 0 saturated carbocycles. The third-order valence-electron chi connectivity index (χ3n) is 4.74. The molecule has 1 aliphatic rings. The maximum atomic E-state index is 10.8. The molecule has 0 bridgehead atoms. The largest absolute Gasteiger partial charge is 0.494 e. The van der Waals surface area contributed by atoms with Crippen molar-refractivity contribution in [3.63, 3.8) is 0 Å². The van der Waals surface area contributed by atoms with Gasteiger partial charge in [-0.2, -0.15) is 5.10 Å². The topological polar surface area (TPSA) is 55.3 Å². The second-order valence-corrected chi connectivity index (χ2v) is 6.64. The van der Waals surface area contributed by atoms with E-state index in [1.54, 1.807) is 12.1 Å². The SMILES string of the molecule is Cc1ccc(N2CCC(CCCOc3cccc(C=O)c3)CC2)nn1. The number of aromatic nitrogens is 2. The Labute approximate surface area is 149 Å². The highest BCUT2D eigenvalue weighted by molar-refractivity contribution is 5.75. The van der Waals surface area contributed by atoms with E-state index in [0.717, 1.165) is 49.0 Å². The molecule has 0 unspecified atom stereocenters. The fourth-order valence-corrected chi connectivity index (χ4v) is 3.25. The van der Waals surface area contributed by atoms with Crippen molar-refractivity contribution in [2.75, 3.05) is 24.6 Å². The van der Waals surface area contributed by atoms with Crippen LogP contribution in [0.4, 0.5) is 5.82 Å². The number of hydrogen-bond donors (Lipinski definition) is 0. The van der Waals surface area contributed by atoms with Crippen molar-refractivity contribution < 1.29 is 9.53 Å². The smallest absolute Gasteiger partial charge is 0.151 e. The lowest BCUT2D eigenvalue weighted by atomic mass is 9.92. The van der Waals surface area contributed by atoms with Crippen molar-refractivity contribution in [2.45, 2.75) is 32.6 Å². The summed E-state index contributed by atoms with van der Waals surface area (Å²) in [5.74, 6) is 2.51. The molecule has 1 fully saturated rings. The van der Waals surface area contributed by atoms with E-state index < -0.39 is 0 Å². The number of aryl methyl sites for hydroxylation is 1. The lowest BCUT2D eigenvalue weighted by Gasteiger charge is -2.32. The molecular weight excluding hydrogens is 314 g/mol. The highest BCUT2D eigenvalue weighted by atomic mass is 16.5. The van der Waals surface area contributed by atoms with Gasteiger partial charge in [-0.15, -0.1) is 5.10 Å². The van der Waals surface area contributed by atoms with Crippen LogP contribution >= 0.6 is 0 Å². The zero-order chi connectivity index (χ0) is 17.5. The lowest BCUT2D eigenvalue weighted by molar-refractivity contribution is 0.112. The summed E-state index contributed by atoms with van der Waals surface area (Å²) in [6, 6.07) is 11.4. The molecule has 1 aromatic heterocycles. The van der Waals surface area contributed by atoms with E-state index in [-0.39, 0.29) is 0 Å². The highest BCUT2D eigenvalue weighted by Gasteiger charge is 2.20. The van der Waals surface area contributed by atoms with Gasteiger partial charge in [0.15, 0.2) is 5.82 Å². The van der Waals surface area contributed by atoms with Crippen molar-refractivity contribution in [3.05, 3.63) is 47.7 Å². The Balaban J connectivity index is 1.36. The average molecular weight is 339 g/mol. The van der Waals surface area contributed by atoms with Crippen LogP contribution in [-0.4, -0.2) is 36.2 Å². The third-order valence-corrected chi connectivity index (χ3v) is 4.74. The molecule has 25 heavy (non-hydrogen) atoms. The first-order valence-electron chi connectivity index (χ1n) is 8.98. The Hall–Kier alpha value is -2.43. The van der Waals surface area contributed by atoms with Gasteiger partial charge in [-0.25, -0.2) is 0 Å². The van der Waals surface area contributed by atoms with E-state index in [4.69, 9.17) is 4.74 Å². The number of ether oxygens (including phenoxy) is 1. The van der Waals surface area contributed by atoms with Gasteiger partial charge in [-0.05, 0) is 62.8 Å². The Bertz CT molecular complexity index is 680. The monoisotopic (exact) mass is 339 g/mol. The summed E-state index contributed by atoms with van der Waals surface area (Å²) in [4.78, 5) is 13.1. The first-order chi connectivity index (χ1) is 12.2. The summed E-state index contributed by atoms with van der Waals surface area (Å²) in [5, 5.41) is 8.43. The number of aldehydes is 1. The van der Waals surface area contributed by atoms with Gasteiger partial charge in [0.25, 0.3) is 0 Å². The summed E-state index contributed by atoms with van der Waals surface area (Å²) in [5.41, 5.74) is 1.61. The van der Waals surface area contributed by atoms with Gasteiger partial charge in [-0.1, -0.05) is 12.1 Å². The van der Waals surface area contributed by atoms with Gasteiger partial charge in [0, 0.05) is 18.7 Å². The van der Waals surface area contributed by atoms with E-state index >= 15 is 0 Å². The molecule has 1 saturated heterocycles. The summed E-state index contributed by atoms with van der Waals surface area (Å²) in [6.45, 7) is 4.75. The van der Waals surface area contributed by atoms with Gasteiger partial charge < -0.3 is 9.64 Å². The molecule has 0 N–H and O–H groups in total. The number of anilines is 1. The van der Waals surface area contributed by atoms with Crippen molar-refractivity contribution in [3.8, 4) is 5.75 Å². The molecule has 0 amide bonds. The van der Waals surface area contributed by atoms with Gasteiger partial charge >= 0.3 is 0 Å². The van der Waals surface area contributed by atoms with Gasteiger partial charge in [-0.3, -0.25) is 4.79 Å². The first-order valence-corrected chi connectivity index (χ1v) is 8.98. The Morgan fingerprint density at radius 2 is 2.04 bits per heavy atom. The molecule has 0 spiro atoms. The summed E-state index contributed by atoms with van der Waals surface area (Å²) in [6.07, 6.45) is 5.45. The fraction of sp³-hybridized carbons (Fsp3) is 0.450. The number of nitrogens with zero attached hydrogens (tertiary/aromatic N) is 3. The third kappa shape index (κ3) is 5.02. The van der Waals surface area contributed by atoms with E-state index in [1.807, 2.05) is 25.1 Å². The second kappa shape index (κ2) is 8.60. The normalized spacial score (nSPS) is 15.2. The van der Waals surface area contributed by atoms with Crippen LogP contribution in [0.15, 0.2) is 36.4 Å². The molecule has 132 valence electrons. The van der Waals surface area contributed by atoms with Crippen LogP contribution in [0.2, 0.25) is 0 Å². The number of hydrogen-bond acceptors (Lipinski definition) is 5. The number of carbonyl (C=O) groups excluding carboxylic acids is 1. The standard InChI is InChI=1S/C20H25N3O2/c1-16-7-8-20(22-21-16)23-11-9-17(10-12-23)5-3-13-25-19-6-2-4-18(14-19)15-24/h2,4,6-8,14-15,17H,3,5,9-13H2,1H3. The van der Waals surface area contributed by atoms with Crippen LogP contribution in [0.5, 0.6) is 5.75 Å². The summed E-state index contributed by atoms with van der Waals surface area (Å²) < 4.78 is 5.75. The number of benzene rings is 1. The minimum Gasteiger partial charge on any atom is -0.494 e. The van der Waals surface area contributed by atoms with Crippen molar-refractivity contribution in [1.82, 2.24) is 10.2 Å². The van der Waals surface area contributed by atoms with E-state index in [0.29, 0.717) is 12.2 Å². The molecule has 1 aliphatic heterocycles. The molecule has 0 atom stereocenters. The average Bonchev–Trinajstić information content (AvgIpc) is 2.67. The van der Waals surface area contributed by atoms with Crippen LogP contribution in [0.3, 0.4) is 0 Å². The fourth-order valence-electron chi connectivity index (χ4n) is 3.25. The van der Waals surface area contributed by atoms with E-state index in [2.05, 4.69) is 21.2 Å².